The van der Waals surface area contributed by atoms with E-state index in [9.17, 15) is 19.7 Å². The molecule has 1 saturated carbocycles. The number of azo groups is 1. The number of halogens is 2. The Kier molecular flexibility index (Phi) is 5.95. The summed E-state index contributed by atoms with van der Waals surface area (Å²) in [5.74, 6) is -0.444. The van der Waals surface area contributed by atoms with Crippen molar-refractivity contribution >= 4 is 28.8 Å². The fraction of sp³-hybridized carbons (Fsp3) is 0.412. The number of aromatic nitrogens is 2. The number of aryl methyl sites for hydroxylation is 1. The molecule has 0 radical (unpaired) electrons. The maximum absolute atomic E-state index is 13.7. The highest BCUT2D eigenvalue weighted by molar-refractivity contribution is 6.32. The Morgan fingerprint density at radius 2 is 1.96 bits per heavy atom. The van der Waals surface area contributed by atoms with Gasteiger partial charge in [0.1, 0.15) is 17.6 Å². The van der Waals surface area contributed by atoms with Gasteiger partial charge in [-0.1, -0.05) is 23.7 Å². The number of anilines is 1. The monoisotopic (exact) mass is 395 g/mol. The third-order valence-corrected chi connectivity index (χ3v) is 4.69. The molecule has 27 heavy (non-hydrogen) atoms. The molecule has 0 spiro atoms. The van der Waals surface area contributed by atoms with E-state index in [0.717, 1.165) is 0 Å². The minimum Gasteiger partial charge on any atom is -0.396 e. The van der Waals surface area contributed by atoms with Gasteiger partial charge in [0.25, 0.3) is 0 Å². The molecule has 0 saturated heterocycles. The zero-order valence-electron chi connectivity index (χ0n) is 14.4. The Morgan fingerprint density at radius 3 is 2.63 bits per heavy atom. The van der Waals surface area contributed by atoms with E-state index in [-0.39, 0.29) is 29.0 Å². The number of hydrogen-bond donors (Lipinski definition) is 4. The van der Waals surface area contributed by atoms with Crippen molar-refractivity contribution in [1.29, 1.82) is 0 Å². The average Bonchev–Trinajstić information content (AvgIpc) is 2.90. The quantitative estimate of drug-likeness (QED) is 0.455. The molecule has 0 amide bonds. The Hall–Kier alpha value is -2.20. The van der Waals surface area contributed by atoms with Gasteiger partial charge in [-0.3, -0.25) is 0 Å². The maximum Gasteiger partial charge on any atom is 0.165 e. The molecule has 1 heterocycles. The average molecular weight is 396 g/mol. The summed E-state index contributed by atoms with van der Waals surface area (Å²) < 4.78 is 13.7. The smallest absolute Gasteiger partial charge is 0.165 e. The molecule has 144 valence electrons. The predicted molar refractivity (Wildman–Crippen MR) is 97.0 cm³/mol. The van der Waals surface area contributed by atoms with Crippen molar-refractivity contribution in [2.75, 3.05) is 11.9 Å². The van der Waals surface area contributed by atoms with E-state index in [1.807, 2.05) is 0 Å². The Bertz CT molecular complexity index is 853. The third kappa shape index (κ3) is 4.22. The highest BCUT2D eigenvalue weighted by Gasteiger charge is 2.41. The third-order valence-electron chi connectivity index (χ3n) is 4.42. The van der Waals surface area contributed by atoms with Crippen LogP contribution in [0.15, 0.2) is 34.5 Å². The first-order valence-electron chi connectivity index (χ1n) is 8.34. The van der Waals surface area contributed by atoms with Crippen molar-refractivity contribution < 1.29 is 19.7 Å². The lowest BCUT2D eigenvalue weighted by Gasteiger charge is -2.19. The van der Waals surface area contributed by atoms with Crippen molar-refractivity contribution in [2.45, 2.75) is 31.6 Å². The minimum atomic E-state index is -1.10. The van der Waals surface area contributed by atoms with Crippen LogP contribution in [0.5, 0.6) is 0 Å². The highest BCUT2D eigenvalue weighted by atomic mass is 35.5. The van der Waals surface area contributed by atoms with Crippen LogP contribution >= 0.6 is 11.6 Å². The van der Waals surface area contributed by atoms with Crippen molar-refractivity contribution in [1.82, 2.24) is 9.97 Å². The predicted octanol–water partition coefficient (Wildman–Crippen LogP) is 2.51. The van der Waals surface area contributed by atoms with E-state index in [0.29, 0.717) is 12.2 Å². The van der Waals surface area contributed by atoms with E-state index in [1.54, 1.807) is 13.0 Å². The van der Waals surface area contributed by atoms with Crippen LogP contribution in [-0.4, -0.2) is 50.1 Å². The second-order valence-corrected chi connectivity index (χ2v) is 6.68. The van der Waals surface area contributed by atoms with Crippen LogP contribution < -0.4 is 5.32 Å². The minimum absolute atomic E-state index is 0.0110. The summed E-state index contributed by atoms with van der Waals surface area (Å²) in [6, 6.07) is 5.29. The number of rotatable bonds is 5. The molecule has 10 heteroatoms. The zero-order valence-corrected chi connectivity index (χ0v) is 15.2. The molecule has 1 aromatic heterocycles. The molecule has 2 aromatic rings. The molecule has 1 aliphatic carbocycles. The van der Waals surface area contributed by atoms with E-state index in [2.05, 4.69) is 25.5 Å². The second-order valence-electron chi connectivity index (χ2n) is 6.32. The van der Waals surface area contributed by atoms with E-state index < -0.39 is 30.0 Å². The number of nitrogens with zero attached hydrogens (tertiary/aromatic N) is 4. The summed E-state index contributed by atoms with van der Waals surface area (Å²) >= 11 is 6.16. The molecule has 8 nitrogen and oxygen atoms in total. The first-order valence-corrected chi connectivity index (χ1v) is 8.72. The number of nitrogens with one attached hydrogen (secondary N) is 1. The van der Waals surface area contributed by atoms with Crippen molar-refractivity contribution in [3.05, 3.63) is 41.1 Å². The van der Waals surface area contributed by atoms with Gasteiger partial charge in [0.05, 0.1) is 12.1 Å². The summed E-state index contributed by atoms with van der Waals surface area (Å²) in [5.41, 5.74) is 0.108. The van der Waals surface area contributed by atoms with Crippen LogP contribution in [0.4, 0.5) is 21.6 Å². The van der Waals surface area contributed by atoms with Gasteiger partial charge >= 0.3 is 0 Å². The SMILES string of the molecule is Cc1nc(Cl)c(N=Nc2ccccc2F)c(N[C@@H]2C[C@H](CO)[C@@H](O)[C@H]2O)n1. The van der Waals surface area contributed by atoms with Gasteiger partial charge in [-0.15, -0.1) is 10.2 Å². The molecule has 3 rings (SSSR count). The molecule has 4 N–H and O–H groups in total. The summed E-state index contributed by atoms with van der Waals surface area (Å²) in [5, 5.41) is 40.3. The van der Waals surface area contributed by atoms with Crippen LogP contribution in [0.25, 0.3) is 0 Å². The molecule has 1 fully saturated rings. The molecule has 0 bridgehead atoms. The Labute approximate surface area is 159 Å². The lowest BCUT2D eigenvalue weighted by Crippen LogP contribution is -2.35. The van der Waals surface area contributed by atoms with Gasteiger partial charge in [0.2, 0.25) is 0 Å². The van der Waals surface area contributed by atoms with Crippen molar-refractivity contribution in [3.8, 4) is 0 Å². The molecular formula is C17H19ClFN5O3. The lowest BCUT2D eigenvalue weighted by molar-refractivity contribution is 0.00446. The first kappa shape index (κ1) is 19.6. The van der Waals surface area contributed by atoms with Crippen LogP contribution in [0.1, 0.15) is 12.2 Å². The number of aliphatic hydroxyl groups is 3. The maximum atomic E-state index is 13.7. The molecule has 1 aromatic carbocycles. The largest absolute Gasteiger partial charge is 0.396 e. The zero-order chi connectivity index (χ0) is 19.6. The summed E-state index contributed by atoms with van der Waals surface area (Å²) in [6.07, 6.45) is -1.84. The normalized spacial score (nSPS) is 25.3. The van der Waals surface area contributed by atoms with E-state index in [1.165, 1.54) is 18.2 Å². The number of aliphatic hydroxyl groups excluding tert-OH is 3. The van der Waals surface area contributed by atoms with E-state index in [4.69, 9.17) is 11.6 Å². The summed E-state index contributed by atoms with van der Waals surface area (Å²) in [7, 11) is 0. The van der Waals surface area contributed by atoms with Gasteiger partial charge in [-0.25, -0.2) is 14.4 Å². The van der Waals surface area contributed by atoms with Gasteiger partial charge < -0.3 is 20.6 Å². The fourth-order valence-electron chi connectivity index (χ4n) is 2.98. The second kappa shape index (κ2) is 8.22. The lowest BCUT2D eigenvalue weighted by atomic mass is 10.1. The highest BCUT2D eigenvalue weighted by Crippen LogP contribution is 2.35. The van der Waals surface area contributed by atoms with Gasteiger partial charge in [-0.2, -0.15) is 0 Å². The molecular weight excluding hydrogens is 377 g/mol. The molecule has 4 atom stereocenters. The first-order chi connectivity index (χ1) is 12.9. The van der Waals surface area contributed by atoms with Crippen LogP contribution in [0.3, 0.4) is 0 Å². The molecule has 0 unspecified atom stereocenters. The summed E-state index contributed by atoms with van der Waals surface area (Å²) in [4.78, 5) is 8.26. The van der Waals surface area contributed by atoms with Gasteiger partial charge in [0, 0.05) is 12.5 Å². The Morgan fingerprint density at radius 1 is 1.22 bits per heavy atom. The number of hydrogen-bond acceptors (Lipinski definition) is 8. The Balaban J connectivity index is 1.91. The molecule has 0 aliphatic heterocycles. The van der Waals surface area contributed by atoms with Crippen LogP contribution in [0, 0.1) is 18.7 Å². The topological polar surface area (TPSA) is 123 Å². The standard InChI is InChI=1S/C17H19ClFN5O3/c1-8-20-16(18)13(24-23-11-5-3-2-4-10(11)19)17(21-8)22-12-6-9(7-25)14(26)15(12)27/h2-5,9,12,14-15,25-27H,6-7H2,1H3,(H,20,21,22)/t9-,12-,14-,15+/m1/s1. The van der Waals surface area contributed by atoms with Crippen LogP contribution in [-0.2, 0) is 0 Å². The van der Waals surface area contributed by atoms with Gasteiger partial charge in [-0.05, 0) is 25.5 Å². The van der Waals surface area contributed by atoms with E-state index >= 15 is 0 Å². The summed E-state index contributed by atoms with van der Waals surface area (Å²) in [6.45, 7) is 1.38. The van der Waals surface area contributed by atoms with Gasteiger partial charge in [0.15, 0.2) is 22.5 Å². The fourth-order valence-corrected chi connectivity index (χ4v) is 3.23. The molecule has 1 aliphatic rings. The van der Waals surface area contributed by atoms with Crippen molar-refractivity contribution in [3.63, 3.8) is 0 Å². The van der Waals surface area contributed by atoms with Crippen molar-refractivity contribution in [2.24, 2.45) is 16.1 Å². The number of benzene rings is 1. The van der Waals surface area contributed by atoms with Crippen LogP contribution in [0.2, 0.25) is 5.15 Å².